The molecule has 8 nitrogen and oxygen atoms in total. The zero-order valence-corrected chi connectivity index (χ0v) is 22.2. The predicted molar refractivity (Wildman–Crippen MR) is 135 cm³/mol. The average Bonchev–Trinajstić information content (AvgIpc) is 2.67. The van der Waals surface area contributed by atoms with Gasteiger partial charge in [0.1, 0.15) is 17.0 Å². The Hall–Kier alpha value is -3.00. The van der Waals surface area contributed by atoms with Crippen molar-refractivity contribution in [2.75, 3.05) is 5.32 Å². The van der Waals surface area contributed by atoms with E-state index in [4.69, 9.17) is 9.47 Å². The molecule has 2 rings (SSSR count). The summed E-state index contributed by atoms with van der Waals surface area (Å²) in [6.45, 7) is 15.5. The fourth-order valence-electron chi connectivity index (χ4n) is 3.23. The Morgan fingerprint density at radius 1 is 0.943 bits per heavy atom. The van der Waals surface area contributed by atoms with E-state index in [2.05, 4.69) is 10.3 Å². The highest BCUT2D eigenvalue weighted by atomic mass is 16.6. The van der Waals surface area contributed by atoms with Crippen LogP contribution in [0.15, 0.2) is 30.3 Å². The van der Waals surface area contributed by atoms with Gasteiger partial charge in [0.2, 0.25) is 5.91 Å². The second-order valence-electron chi connectivity index (χ2n) is 11.7. The van der Waals surface area contributed by atoms with Gasteiger partial charge in [0.05, 0.1) is 24.0 Å². The van der Waals surface area contributed by atoms with Gasteiger partial charge in [-0.25, -0.2) is 4.98 Å². The average molecular weight is 487 g/mol. The van der Waals surface area contributed by atoms with Gasteiger partial charge in [-0.05, 0) is 53.7 Å². The largest absolute Gasteiger partial charge is 0.460 e. The molecule has 1 heterocycles. The highest BCUT2D eigenvalue weighted by Crippen LogP contribution is 2.35. The number of anilines is 1. The Morgan fingerprint density at radius 2 is 1.51 bits per heavy atom. The van der Waals surface area contributed by atoms with Crippen LogP contribution in [0, 0.1) is 11.3 Å². The first kappa shape index (κ1) is 28.2. The van der Waals surface area contributed by atoms with Gasteiger partial charge in [0.15, 0.2) is 0 Å². The number of hydrogen-bond acceptors (Lipinski definition) is 7. The van der Waals surface area contributed by atoms with Gasteiger partial charge in [-0.1, -0.05) is 39.0 Å². The summed E-state index contributed by atoms with van der Waals surface area (Å²) in [6, 6.07) is 8.89. The van der Waals surface area contributed by atoms with Gasteiger partial charge in [-0.3, -0.25) is 14.4 Å². The molecule has 1 amide bonds. The molecule has 1 aromatic heterocycles. The molecule has 35 heavy (non-hydrogen) atoms. The fraction of sp³-hybridized carbons (Fsp3) is 0.556. The van der Waals surface area contributed by atoms with E-state index in [1.165, 1.54) is 0 Å². The van der Waals surface area contributed by atoms with E-state index >= 15 is 0 Å². The number of aliphatic hydroxyl groups excluding tert-OH is 1. The monoisotopic (exact) mass is 486 g/mol. The maximum atomic E-state index is 13.1. The second-order valence-corrected chi connectivity index (χ2v) is 11.7. The number of nitrogens with zero attached hydrogens (tertiary/aromatic N) is 1. The number of esters is 2. The highest BCUT2D eigenvalue weighted by Gasteiger charge is 2.37. The number of hydrogen-bond donors (Lipinski definition) is 2. The zero-order valence-electron chi connectivity index (χ0n) is 22.2. The number of carbonyl (C=O) groups excluding carboxylic acids is 3. The van der Waals surface area contributed by atoms with Crippen LogP contribution < -0.4 is 5.32 Å². The molecule has 0 radical (unpaired) electrons. The lowest BCUT2D eigenvalue weighted by Gasteiger charge is -2.29. The van der Waals surface area contributed by atoms with Crippen LogP contribution in [0.1, 0.15) is 80.4 Å². The van der Waals surface area contributed by atoms with Crippen molar-refractivity contribution in [3.05, 3.63) is 35.9 Å². The number of carbonyl (C=O) groups is 3. The molecule has 0 aliphatic heterocycles. The summed E-state index contributed by atoms with van der Waals surface area (Å²) >= 11 is 0. The summed E-state index contributed by atoms with van der Waals surface area (Å²) in [6.07, 6.45) is -1.91. The lowest BCUT2D eigenvalue weighted by Crippen LogP contribution is -2.35. The Kier molecular flexibility index (Phi) is 8.32. The van der Waals surface area contributed by atoms with Crippen molar-refractivity contribution in [2.24, 2.45) is 11.3 Å². The van der Waals surface area contributed by atoms with Gasteiger partial charge < -0.3 is 19.9 Å². The van der Waals surface area contributed by atoms with Gasteiger partial charge in [0.25, 0.3) is 0 Å². The van der Waals surface area contributed by atoms with Crippen molar-refractivity contribution >= 4 is 34.6 Å². The molecule has 192 valence electrons. The van der Waals surface area contributed by atoms with Crippen molar-refractivity contribution in [1.29, 1.82) is 0 Å². The standard InChI is InChI=1S/C27H38N2O6/c1-25(2,3)24(33)29-22-17(14-16-12-10-11-13-19(16)28-22)21(31)18(23(32)35-27(7,8)9)15-20(30)34-26(4,5)6/h10-14,18,21,31H,15H2,1-9H3,(H,28,29,33). The number of benzene rings is 1. The summed E-state index contributed by atoms with van der Waals surface area (Å²) in [7, 11) is 0. The lowest BCUT2D eigenvalue weighted by molar-refractivity contribution is -0.171. The molecule has 2 atom stereocenters. The molecule has 0 fully saturated rings. The van der Waals surface area contributed by atoms with Gasteiger partial charge in [-0.15, -0.1) is 0 Å². The van der Waals surface area contributed by atoms with Gasteiger partial charge in [-0.2, -0.15) is 0 Å². The predicted octanol–water partition coefficient (Wildman–Crippen LogP) is 4.94. The van der Waals surface area contributed by atoms with E-state index in [-0.39, 0.29) is 17.3 Å². The molecule has 0 saturated heterocycles. The minimum Gasteiger partial charge on any atom is -0.460 e. The Morgan fingerprint density at radius 3 is 2.06 bits per heavy atom. The molecule has 0 aliphatic carbocycles. The summed E-state index contributed by atoms with van der Waals surface area (Å²) in [5, 5.41) is 14.9. The number of pyridine rings is 1. The maximum absolute atomic E-state index is 13.1. The molecule has 0 aliphatic rings. The van der Waals surface area contributed by atoms with Crippen molar-refractivity contribution in [2.45, 2.75) is 86.0 Å². The molecule has 0 saturated carbocycles. The number of ether oxygens (including phenoxy) is 2. The van der Waals surface area contributed by atoms with Crippen molar-refractivity contribution in [1.82, 2.24) is 4.98 Å². The topological polar surface area (TPSA) is 115 Å². The summed E-state index contributed by atoms with van der Waals surface area (Å²) in [5.74, 6) is -2.88. The SMILES string of the molecule is CC(C)(C)OC(=O)CC(C(=O)OC(C)(C)C)C(O)c1cc2ccccc2nc1NC(=O)C(C)(C)C. The second kappa shape index (κ2) is 10.3. The van der Waals surface area contributed by atoms with E-state index in [1.54, 1.807) is 74.4 Å². The Bertz CT molecular complexity index is 1090. The van der Waals surface area contributed by atoms with Crippen LogP contribution in [0.4, 0.5) is 5.82 Å². The van der Waals surface area contributed by atoms with E-state index < -0.39 is 47.0 Å². The molecular formula is C27H38N2O6. The third kappa shape index (κ3) is 8.31. The molecule has 2 aromatic rings. The summed E-state index contributed by atoms with van der Waals surface area (Å²) in [4.78, 5) is 43.1. The first-order valence-electron chi connectivity index (χ1n) is 11.7. The number of aromatic nitrogens is 1. The third-order valence-corrected chi connectivity index (χ3v) is 4.88. The van der Waals surface area contributed by atoms with Gasteiger partial charge in [0, 0.05) is 16.4 Å². The molecule has 0 spiro atoms. The Balaban J connectivity index is 2.57. The first-order valence-corrected chi connectivity index (χ1v) is 11.7. The molecule has 2 N–H and O–H groups in total. The quantitative estimate of drug-likeness (QED) is 0.556. The number of aliphatic hydroxyl groups is 1. The van der Waals surface area contributed by atoms with E-state index in [9.17, 15) is 19.5 Å². The number of nitrogens with one attached hydrogen (secondary N) is 1. The van der Waals surface area contributed by atoms with Crippen molar-refractivity contribution in [3.8, 4) is 0 Å². The van der Waals surface area contributed by atoms with E-state index in [0.717, 1.165) is 0 Å². The molecule has 0 bridgehead atoms. The van der Waals surface area contributed by atoms with Crippen LogP contribution in [-0.2, 0) is 23.9 Å². The highest BCUT2D eigenvalue weighted by molar-refractivity contribution is 5.96. The van der Waals surface area contributed by atoms with Crippen LogP contribution in [-0.4, -0.2) is 39.1 Å². The van der Waals surface area contributed by atoms with Crippen LogP contribution >= 0.6 is 0 Å². The number of fused-ring (bicyclic) bond motifs is 1. The number of amides is 1. The van der Waals surface area contributed by atoms with Crippen molar-refractivity contribution < 1.29 is 29.0 Å². The first-order chi connectivity index (χ1) is 15.9. The molecule has 8 heteroatoms. The van der Waals surface area contributed by atoms with Crippen LogP contribution in [0.5, 0.6) is 0 Å². The smallest absolute Gasteiger partial charge is 0.313 e. The molecule has 1 aromatic carbocycles. The minimum absolute atomic E-state index is 0.119. The normalized spacial score (nSPS) is 14.2. The summed E-state index contributed by atoms with van der Waals surface area (Å²) in [5.41, 5.74) is -1.52. The number of para-hydroxylation sites is 1. The zero-order chi connectivity index (χ0) is 26.8. The molecule has 2 unspecified atom stereocenters. The van der Waals surface area contributed by atoms with Crippen molar-refractivity contribution in [3.63, 3.8) is 0 Å². The fourth-order valence-corrected chi connectivity index (χ4v) is 3.23. The Labute approximate surface area is 207 Å². The van der Waals surface area contributed by atoms with Crippen LogP contribution in [0.25, 0.3) is 10.9 Å². The number of rotatable bonds is 6. The minimum atomic E-state index is -1.50. The molecular weight excluding hydrogens is 448 g/mol. The van der Waals surface area contributed by atoms with Crippen LogP contribution in [0.3, 0.4) is 0 Å². The van der Waals surface area contributed by atoms with Crippen LogP contribution in [0.2, 0.25) is 0 Å². The maximum Gasteiger partial charge on any atom is 0.313 e. The van der Waals surface area contributed by atoms with E-state index in [0.29, 0.717) is 10.9 Å². The summed E-state index contributed by atoms with van der Waals surface area (Å²) < 4.78 is 10.9. The van der Waals surface area contributed by atoms with E-state index in [1.807, 2.05) is 18.2 Å². The van der Waals surface area contributed by atoms with Gasteiger partial charge >= 0.3 is 11.9 Å². The third-order valence-electron chi connectivity index (χ3n) is 4.88. The lowest BCUT2D eigenvalue weighted by atomic mass is 9.91.